The van der Waals surface area contributed by atoms with E-state index >= 15 is 0 Å². The number of carbonyl (C=O) groups is 2. The minimum Gasteiger partial charge on any atom is -0.484 e. The Morgan fingerprint density at radius 3 is 2.41 bits per heavy atom. The zero-order valence-corrected chi connectivity index (χ0v) is 15.8. The van der Waals surface area contributed by atoms with Crippen LogP contribution in [0.5, 0.6) is 5.75 Å². The van der Waals surface area contributed by atoms with Crippen molar-refractivity contribution in [2.24, 2.45) is 23.2 Å². The molecule has 1 aromatic rings. The summed E-state index contributed by atoms with van der Waals surface area (Å²) in [5.74, 6) is 3.54. The Morgan fingerprint density at radius 2 is 1.70 bits per heavy atom. The molecule has 4 saturated carbocycles. The summed E-state index contributed by atoms with van der Waals surface area (Å²) in [6.45, 7) is 1.31. The third-order valence-electron chi connectivity index (χ3n) is 8.09. The van der Waals surface area contributed by atoms with Crippen molar-refractivity contribution in [3.8, 4) is 5.75 Å². The Labute approximate surface area is 160 Å². The lowest BCUT2D eigenvalue weighted by Gasteiger charge is -2.56. The molecule has 7 rings (SSSR count). The molecule has 1 atom stereocenters. The number of nitrogens with zero attached hydrogens (tertiary/aromatic N) is 1. The van der Waals surface area contributed by atoms with Crippen molar-refractivity contribution in [1.29, 1.82) is 0 Å². The average molecular weight is 365 g/mol. The first-order chi connectivity index (χ1) is 13.0. The second-order valence-electron chi connectivity index (χ2n) is 10.1. The largest absolute Gasteiger partial charge is 0.484 e. The molecule has 6 aliphatic rings. The monoisotopic (exact) mass is 365 g/mol. The van der Waals surface area contributed by atoms with Gasteiger partial charge in [0.15, 0.2) is 5.78 Å². The summed E-state index contributed by atoms with van der Waals surface area (Å²) in [6, 6.07) is 7.53. The van der Waals surface area contributed by atoms with Crippen molar-refractivity contribution >= 4 is 11.7 Å². The molecule has 1 amide bonds. The molecule has 1 unspecified atom stereocenters. The van der Waals surface area contributed by atoms with Crippen LogP contribution in [0.2, 0.25) is 0 Å². The standard InChI is InChI=1S/C23H27NO3/c25-19-13-23(27-20-4-2-1-3-18(19)20)5-6-24(14-23)21(26)22-10-15-7-16(11-22)9-17(8-15)12-22/h1-4,15-17H,5-14H2. The summed E-state index contributed by atoms with van der Waals surface area (Å²) < 4.78 is 6.34. The molecule has 4 nitrogen and oxygen atoms in total. The highest BCUT2D eigenvalue weighted by Gasteiger charge is 2.57. The van der Waals surface area contributed by atoms with Crippen LogP contribution < -0.4 is 4.74 Å². The molecule has 1 saturated heterocycles. The van der Waals surface area contributed by atoms with Gasteiger partial charge in [0.25, 0.3) is 0 Å². The van der Waals surface area contributed by atoms with E-state index in [1.807, 2.05) is 29.2 Å². The van der Waals surface area contributed by atoms with Crippen LogP contribution in [0.15, 0.2) is 24.3 Å². The van der Waals surface area contributed by atoms with Gasteiger partial charge in [-0.1, -0.05) is 12.1 Å². The van der Waals surface area contributed by atoms with E-state index in [0.29, 0.717) is 30.2 Å². The Bertz CT molecular complexity index is 795. The van der Waals surface area contributed by atoms with E-state index < -0.39 is 5.60 Å². The topological polar surface area (TPSA) is 46.6 Å². The van der Waals surface area contributed by atoms with Gasteiger partial charge >= 0.3 is 0 Å². The third-order valence-corrected chi connectivity index (χ3v) is 8.09. The molecule has 1 spiro atoms. The highest BCUT2D eigenvalue weighted by atomic mass is 16.5. The van der Waals surface area contributed by atoms with Gasteiger partial charge in [0, 0.05) is 13.0 Å². The van der Waals surface area contributed by atoms with Crippen molar-refractivity contribution in [1.82, 2.24) is 4.90 Å². The van der Waals surface area contributed by atoms with Crippen LogP contribution in [-0.2, 0) is 4.79 Å². The van der Waals surface area contributed by atoms with E-state index in [2.05, 4.69) is 0 Å². The Morgan fingerprint density at radius 1 is 1.04 bits per heavy atom. The lowest BCUT2D eigenvalue weighted by molar-refractivity contribution is -0.157. The average Bonchev–Trinajstić information content (AvgIpc) is 3.03. The Balaban J connectivity index is 1.24. The number of fused-ring (bicyclic) bond motifs is 1. The molecule has 4 heteroatoms. The lowest BCUT2D eigenvalue weighted by Crippen LogP contribution is -2.55. The van der Waals surface area contributed by atoms with Gasteiger partial charge in [0.1, 0.15) is 11.4 Å². The second kappa shape index (κ2) is 5.36. The molecule has 142 valence electrons. The number of carbonyl (C=O) groups excluding carboxylic acids is 2. The Hall–Kier alpha value is -1.84. The lowest BCUT2D eigenvalue weighted by atomic mass is 9.49. The van der Waals surface area contributed by atoms with E-state index in [1.165, 1.54) is 19.3 Å². The van der Waals surface area contributed by atoms with E-state index in [1.54, 1.807) is 0 Å². The number of hydrogen-bond donors (Lipinski definition) is 0. The number of hydrogen-bond acceptors (Lipinski definition) is 3. The molecule has 0 N–H and O–H groups in total. The number of benzene rings is 1. The van der Waals surface area contributed by atoms with E-state index in [4.69, 9.17) is 4.74 Å². The van der Waals surface area contributed by atoms with Gasteiger partial charge in [-0.05, 0) is 68.4 Å². The van der Waals surface area contributed by atoms with Crippen LogP contribution in [0.1, 0.15) is 61.7 Å². The van der Waals surface area contributed by atoms with Gasteiger partial charge in [-0.3, -0.25) is 9.59 Å². The molecule has 1 aromatic carbocycles. The fourth-order valence-corrected chi connectivity index (χ4v) is 7.40. The summed E-state index contributed by atoms with van der Waals surface area (Å²) >= 11 is 0. The Kier molecular flexibility index (Phi) is 3.21. The number of rotatable bonds is 1. The smallest absolute Gasteiger partial charge is 0.228 e. The summed E-state index contributed by atoms with van der Waals surface area (Å²) in [6.07, 6.45) is 8.53. The number of para-hydroxylation sites is 1. The first-order valence-electron chi connectivity index (χ1n) is 10.6. The van der Waals surface area contributed by atoms with E-state index in [9.17, 15) is 9.59 Å². The van der Waals surface area contributed by atoms with Gasteiger partial charge < -0.3 is 9.64 Å². The SMILES string of the molecule is O=C1CC2(CCN(C(=O)C34CC5CC(CC(C5)C3)C4)C2)Oc2ccccc21. The highest BCUT2D eigenvalue weighted by Crippen LogP contribution is 2.61. The van der Waals surface area contributed by atoms with Crippen LogP contribution >= 0.6 is 0 Å². The van der Waals surface area contributed by atoms with Crippen LogP contribution in [0.4, 0.5) is 0 Å². The zero-order chi connectivity index (χ0) is 18.2. The number of amides is 1. The van der Waals surface area contributed by atoms with E-state index in [-0.39, 0.29) is 11.2 Å². The van der Waals surface area contributed by atoms with Gasteiger partial charge in [-0.15, -0.1) is 0 Å². The second-order valence-corrected chi connectivity index (χ2v) is 10.1. The van der Waals surface area contributed by atoms with Crippen molar-refractivity contribution in [3.05, 3.63) is 29.8 Å². The number of Topliss-reactive ketones (excluding diaryl/α,β-unsaturated/α-hetero) is 1. The molecule has 0 aromatic heterocycles. The zero-order valence-electron chi connectivity index (χ0n) is 15.8. The normalized spacial score (nSPS) is 41.7. The van der Waals surface area contributed by atoms with Crippen molar-refractivity contribution in [3.63, 3.8) is 0 Å². The predicted octanol–water partition coefficient (Wildman–Crippen LogP) is 3.84. The minimum atomic E-state index is -0.511. The summed E-state index contributed by atoms with van der Waals surface area (Å²) in [5, 5.41) is 0. The third kappa shape index (κ3) is 2.34. The van der Waals surface area contributed by atoms with Crippen molar-refractivity contribution in [2.75, 3.05) is 13.1 Å². The molecule has 0 radical (unpaired) electrons. The highest BCUT2D eigenvalue weighted by molar-refractivity contribution is 6.00. The molecule has 4 bridgehead atoms. The predicted molar refractivity (Wildman–Crippen MR) is 101 cm³/mol. The van der Waals surface area contributed by atoms with Crippen LogP contribution in [0, 0.1) is 23.2 Å². The van der Waals surface area contributed by atoms with Crippen molar-refractivity contribution < 1.29 is 14.3 Å². The summed E-state index contributed by atoms with van der Waals surface area (Å²) in [7, 11) is 0. The fraction of sp³-hybridized carbons (Fsp3) is 0.652. The maximum atomic E-state index is 13.6. The van der Waals surface area contributed by atoms with Crippen LogP contribution in [0.25, 0.3) is 0 Å². The van der Waals surface area contributed by atoms with Crippen LogP contribution in [0.3, 0.4) is 0 Å². The van der Waals surface area contributed by atoms with Gasteiger partial charge in [-0.2, -0.15) is 0 Å². The molecule has 5 fully saturated rings. The molecule has 27 heavy (non-hydrogen) atoms. The maximum absolute atomic E-state index is 13.6. The van der Waals surface area contributed by atoms with Gasteiger partial charge in [-0.25, -0.2) is 0 Å². The number of ketones is 1. The maximum Gasteiger partial charge on any atom is 0.228 e. The van der Waals surface area contributed by atoms with Gasteiger partial charge in [0.2, 0.25) is 5.91 Å². The fourth-order valence-electron chi connectivity index (χ4n) is 7.40. The summed E-state index contributed by atoms with van der Waals surface area (Å²) in [5.41, 5.74) is 0.0780. The summed E-state index contributed by atoms with van der Waals surface area (Å²) in [4.78, 5) is 28.3. The van der Waals surface area contributed by atoms with Crippen LogP contribution in [-0.4, -0.2) is 35.3 Å². The van der Waals surface area contributed by atoms with Crippen molar-refractivity contribution in [2.45, 2.75) is 57.0 Å². The minimum absolute atomic E-state index is 0.100. The molecule has 4 aliphatic carbocycles. The molecular formula is C23H27NO3. The first-order valence-corrected chi connectivity index (χ1v) is 10.6. The first kappa shape index (κ1) is 16.1. The molecular weight excluding hydrogens is 338 g/mol. The number of ether oxygens (including phenoxy) is 1. The quantitative estimate of drug-likeness (QED) is 0.760. The van der Waals surface area contributed by atoms with E-state index in [0.717, 1.165) is 50.0 Å². The molecule has 2 aliphatic heterocycles. The molecule has 2 heterocycles. The number of likely N-dealkylation sites (tertiary alicyclic amines) is 1. The van der Waals surface area contributed by atoms with Gasteiger partial charge in [0.05, 0.1) is 23.9 Å².